The van der Waals surface area contributed by atoms with Gasteiger partial charge >= 0.3 is 0 Å². The summed E-state index contributed by atoms with van der Waals surface area (Å²) in [5.74, 6) is -1.08. The molecule has 0 aliphatic rings. The van der Waals surface area contributed by atoms with Crippen molar-refractivity contribution in [2.75, 3.05) is 5.32 Å². The van der Waals surface area contributed by atoms with Gasteiger partial charge in [0.05, 0.1) is 22.5 Å². The van der Waals surface area contributed by atoms with Gasteiger partial charge in [-0.05, 0) is 19.1 Å². The predicted octanol–water partition coefficient (Wildman–Crippen LogP) is 1.91. The lowest BCUT2D eigenvalue weighted by Crippen LogP contribution is -2.21. The SMILES string of the molecule is CCn1ncc(NC(=O)c2ccccc2Cl)c1C(N)=O. The monoisotopic (exact) mass is 292 g/mol. The van der Waals surface area contributed by atoms with E-state index in [-0.39, 0.29) is 11.4 Å². The van der Waals surface area contributed by atoms with Crippen LogP contribution in [0.15, 0.2) is 30.5 Å². The molecule has 0 radical (unpaired) electrons. The van der Waals surface area contributed by atoms with Crippen LogP contribution in [0.5, 0.6) is 0 Å². The Balaban J connectivity index is 2.31. The first-order valence-corrected chi connectivity index (χ1v) is 6.34. The maximum atomic E-state index is 12.1. The van der Waals surface area contributed by atoms with E-state index >= 15 is 0 Å². The van der Waals surface area contributed by atoms with Gasteiger partial charge in [-0.15, -0.1) is 0 Å². The van der Waals surface area contributed by atoms with Crippen LogP contribution < -0.4 is 11.1 Å². The summed E-state index contributed by atoms with van der Waals surface area (Å²) in [4.78, 5) is 23.6. The Morgan fingerprint density at radius 1 is 1.40 bits per heavy atom. The molecule has 3 N–H and O–H groups in total. The summed E-state index contributed by atoms with van der Waals surface area (Å²) >= 11 is 5.95. The molecular formula is C13H13ClN4O2. The standard InChI is InChI=1S/C13H13ClN4O2/c1-2-18-11(12(15)19)10(7-16-18)17-13(20)8-5-3-4-6-9(8)14/h3-7H,2H2,1H3,(H2,15,19)(H,17,20). The van der Waals surface area contributed by atoms with Crippen molar-refractivity contribution in [3.63, 3.8) is 0 Å². The first-order chi connectivity index (χ1) is 9.54. The first-order valence-electron chi connectivity index (χ1n) is 5.96. The quantitative estimate of drug-likeness (QED) is 0.902. The minimum atomic E-state index is -0.654. The largest absolute Gasteiger partial charge is 0.364 e. The molecule has 1 aromatic heterocycles. The van der Waals surface area contributed by atoms with Gasteiger partial charge in [-0.3, -0.25) is 14.3 Å². The van der Waals surface area contributed by atoms with E-state index in [2.05, 4.69) is 10.4 Å². The highest BCUT2D eigenvalue weighted by atomic mass is 35.5. The lowest BCUT2D eigenvalue weighted by Gasteiger charge is -2.07. The fourth-order valence-corrected chi connectivity index (χ4v) is 2.03. The molecule has 6 nitrogen and oxygen atoms in total. The summed E-state index contributed by atoms with van der Waals surface area (Å²) in [6.07, 6.45) is 1.39. The van der Waals surface area contributed by atoms with Gasteiger partial charge < -0.3 is 11.1 Å². The van der Waals surface area contributed by atoms with E-state index in [0.717, 1.165) is 0 Å². The van der Waals surface area contributed by atoms with Crippen molar-refractivity contribution < 1.29 is 9.59 Å². The Bertz CT molecular complexity index is 666. The van der Waals surface area contributed by atoms with Crippen LogP contribution in [0.2, 0.25) is 5.02 Å². The fourth-order valence-electron chi connectivity index (χ4n) is 1.81. The fraction of sp³-hybridized carbons (Fsp3) is 0.154. The maximum absolute atomic E-state index is 12.1. The van der Waals surface area contributed by atoms with E-state index in [9.17, 15) is 9.59 Å². The van der Waals surface area contributed by atoms with Crippen LogP contribution in [0, 0.1) is 0 Å². The van der Waals surface area contributed by atoms with Gasteiger partial charge in [0.25, 0.3) is 11.8 Å². The van der Waals surface area contributed by atoms with Crippen LogP contribution >= 0.6 is 11.6 Å². The number of anilines is 1. The zero-order valence-electron chi connectivity index (χ0n) is 10.8. The van der Waals surface area contributed by atoms with E-state index in [1.54, 1.807) is 24.3 Å². The summed E-state index contributed by atoms with van der Waals surface area (Å²) in [7, 11) is 0. The normalized spacial score (nSPS) is 10.3. The number of carbonyl (C=O) groups is 2. The van der Waals surface area contributed by atoms with Gasteiger partial charge in [0.2, 0.25) is 0 Å². The number of rotatable bonds is 4. The molecule has 0 aliphatic heterocycles. The molecule has 2 amide bonds. The number of benzene rings is 1. The van der Waals surface area contributed by atoms with Crippen LogP contribution in [0.1, 0.15) is 27.8 Å². The number of hydrogen-bond donors (Lipinski definition) is 2. The van der Waals surface area contributed by atoms with E-state index < -0.39 is 11.8 Å². The average molecular weight is 293 g/mol. The van der Waals surface area contributed by atoms with Crippen molar-refractivity contribution in [3.05, 3.63) is 46.7 Å². The molecule has 0 fully saturated rings. The molecule has 0 atom stereocenters. The van der Waals surface area contributed by atoms with E-state index in [4.69, 9.17) is 17.3 Å². The van der Waals surface area contributed by atoms with Crippen molar-refractivity contribution >= 4 is 29.1 Å². The second-order valence-corrected chi connectivity index (χ2v) is 4.43. The highest BCUT2D eigenvalue weighted by Crippen LogP contribution is 2.19. The first kappa shape index (κ1) is 14.1. The Morgan fingerprint density at radius 2 is 2.10 bits per heavy atom. The number of aryl methyl sites for hydroxylation is 1. The van der Waals surface area contributed by atoms with Gasteiger partial charge in [-0.2, -0.15) is 5.10 Å². The number of carbonyl (C=O) groups excluding carboxylic acids is 2. The summed E-state index contributed by atoms with van der Waals surface area (Å²) in [6.45, 7) is 2.29. The van der Waals surface area contributed by atoms with Crippen LogP contribution in [0.4, 0.5) is 5.69 Å². The molecule has 0 saturated carbocycles. The van der Waals surface area contributed by atoms with Gasteiger partial charge in [-0.25, -0.2) is 0 Å². The zero-order chi connectivity index (χ0) is 14.7. The number of nitrogens with two attached hydrogens (primary N) is 1. The highest BCUT2D eigenvalue weighted by molar-refractivity contribution is 6.34. The minimum absolute atomic E-state index is 0.160. The zero-order valence-corrected chi connectivity index (χ0v) is 11.5. The number of amides is 2. The average Bonchev–Trinajstić information content (AvgIpc) is 2.82. The number of nitrogens with one attached hydrogen (secondary N) is 1. The highest BCUT2D eigenvalue weighted by Gasteiger charge is 2.18. The smallest absolute Gasteiger partial charge is 0.269 e. The number of nitrogens with zero attached hydrogens (tertiary/aromatic N) is 2. The van der Waals surface area contributed by atoms with Gasteiger partial charge in [0.1, 0.15) is 5.69 Å². The molecule has 7 heteroatoms. The van der Waals surface area contributed by atoms with Gasteiger partial charge in [0, 0.05) is 6.54 Å². The van der Waals surface area contributed by atoms with Crippen LogP contribution in [-0.2, 0) is 6.54 Å². The van der Waals surface area contributed by atoms with E-state index in [1.807, 2.05) is 6.92 Å². The molecule has 0 spiro atoms. The molecule has 2 aromatic rings. The number of hydrogen-bond acceptors (Lipinski definition) is 3. The van der Waals surface area contributed by atoms with Crippen LogP contribution in [0.25, 0.3) is 0 Å². The van der Waals surface area contributed by atoms with E-state index in [1.165, 1.54) is 10.9 Å². The van der Waals surface area contributed by atoms with Gasteiger partial charge in [-0.1, -0.05) is 23.7 Å². The van der Waals surface area contributed by atoms with Crippen LogP contribution in [-0.4, -0.2) is 21.6 Å². The summed E-state index contributed by atoms with van der Waals surface area (Å²) < 4.78 is 1.42. The number of halogens is 1. The Kier molecular flexibility index (Phi) is 4.05. The van der Waals surface area contributed by atoms with Crippen molar-refractivity contribution in [1.29, 1.82) is 0 Å². The van der Waals surface area contributed by atoms with Gasteiger partial charge in [0.15, 0.2) is 0 Å². The topological polar surface area (TPSA) is 90.0 Å². The lowest BCUT2D eigenvalue weighted by atomic mass is 10.2. The van der Waals surface area contributed by atoms with Crippen molar-refractivity contribution in [3.8, 4) is 0 Å². The molecule has 0 aliphatic carbocycles. The lowest BCUT2D eigenvalue weighted by molar-refractivity contribution is 0.0991. The molecule has 0 bridgehead atoms. The Hall–Kier alpha value is -2.34. The summed E-state index contributed by atoms with van der Waals surface area (Å²) in [5.41, 5.74) is 6.04. The van der Waals surface area contributed by atoms with Crippen molar-refractivity contribution in [2.45, 2.75) is 13.5 Å². The second kappa shape index (κ2) is 5.75. The molecule has 104 valence electrons. The molecule has 1 heterocycles. The van der Waals surface area contributed by atoms with Crippen LogP contribution in [0.3, 0.4) is 0 Å². The Morgan fingerprint density at radius 3 is 2.70 bits per heavy atom. The molecule has 20 heavy (non-hydrogen) atoms. The molecule has 0 saturated heterocycles. The number of primary amides is 1. The summed E-state index contributed by atoms with van der Waals surface area (Å²) in [5, 5.41) is 6.92. The maximum Gasteiger partial charge on any atom is 0.269 e. The third-order valence-corrected chi connectivity index (χ3v) is 3.07. The molecular weight excluding hydrogens is 280 g/mol. The third kappa shape index (κ3) is 2.65. The third-order valence-electron chi connectivity index (χ3n) is 2.74. The van der Waals surface area contributed by atoms with Crippen molar-refractivity contribution in [1.82, 2.24) is 9.78 Å². The molecule has 0 unspecified atom stereocenters. The van der Waals surface area contributed by atoms with E-state index in [0.29, 0.717) is 17.1 Å². The molecule has 2 rings (SSSR count). The summed E-state index contributed by atoms with van der Waals surface area (Å²) in [6, 6.07) is 6.63. The van der Waals surface area contributed by atoms with Crippen molar-refractivity contribution in [2.24, 2.45) is 5.73 Å². The number of aromatic nitrogens is 2. The Labute approximate surface area is 120 Å². The minimum Gasteiger partial charge on any atom is -0.364 e. The second-order valence-electron chi connectivity index (χ2n) is 4.02. The predicted molar refractivity (Wildman–Crippen MR) is 75.8 cm³/mol. The molecule has 1 aromatic carbocycles.